The van der Waals surface area contributed by atoms with E-state index in [9.17, 15) is 13.9 Å². The summed E-state index contributed by atoms with van der Waals surface area (Å²) in [5, 5.41) is 9.25. The first-order chi connectivity index (χ1) is 10.1. The standard InChI is InChI=1S/C16H14F2N2O/c1-10-4-2-3-5-11(10)16-19-14-8-12(17)13(18)9-15(14)20(16)6-7-21/h2-5,8-9,21H,6-7H2,1H3. The monoisotopic (exact) mass is 288 g/mol. The largest absolute Gasteiger partial charge is 0.395 e. The maximum atomic E-state index is 13.5. The number of rotatable bonds is 3. The fourth-order valence-corrected chi connectivity index (χ4v) is 2.48. The lowest BCUT2D eigenvalue weighted by atomic mass is 10.1. The van der Waals surface area contributed by atoms with E-state index >= 15 is 0 Å². The van der Waals surface area contributed by atoms with Gasteiger partial charge >= 0.3 is 0 Å². The van der Waals surface area contributed by atoms with Crippen LogP contribution in [0.4, 0.5) is 8.78 Å². The van der Waals surface area contributed by atoms with Crippen LogP contribution in [0.1, 0.15) is 5.56 Å². The van der Waals surface area contributed by atoms with E-state index in [1.807, 2.05) is 31.2 Å². The van der Waals surface area contributed by atoms with Gasteiger partial charge in [-0.2, -0.15) is 0 Å². The maximum Gasteiger partial charge on any atom is 0.161 e. The molecule has 0 bridgehead atoms. The second kappa shape index (κ2) is 5.26. The van der Waals surface area contributed by atoms with Crippen molar-refractivity contribution in [2.45, 2.75) is 13.5 Å². The minimum absolute atomic E-state index is 0.108. The molecule has 0 saturated heterocycles. The Hall–Kier alpha value is -2.27. The van der Waals surface area contributed by atoms with E-state index in [2.05, 4.69) is 4.98 Å². The predicted octanol–water partition coefficient (Wildman–Crippen LogP) is 3.28. The molecule has 0 aliphatic heterocycles. The number of aryl methyl sites for hydroxylation is 1. The Morgan fingerprint density at radius 3 is 2.57 bits per heavy atom. The number of imidazole rings is 1. The van der Waals surface area contributed by atoms with Gasteiger partial charge in [0.15, 0.2) is 11.6 Å². The summed E-state index contributed by atoms with van der Waals surface area (Å²) in [5.41, 5.74) is 2.73. The summed E-state index contributed by atoms with van der Waals surface area (Å²) in [6, 6.07) is 9.84. The molecular formula is C16H14F2N2O. The Morgan fingerprint density at radius 1 is 1.14 bits per heavy atom. The summed E-state index contributed by atoms with van der Waals surface area (Å²) in [7, 11) is 0. The van der Waals surface area contributed by atoms with Crippen LogP contribution in [0, 0.1) is 18.6 Å². The van der Waals surface area contributed by atoms with Gasteiger partial charge in [-0.05, 0) is 12.5 Å². The van der Waals surface area contributed by atoms with E-state index in [0.717, 1.165) is 23.3 Å². The Morgan fingerprint density at radius 2 is 1.86 bits per heavy atom. The Labute approximate surface area is 120 Å². The molecule has 3 rings (SSSR count). The normalized spacial score (nSPS) is 11.2. The quantitative estimate of drug-likeness (QED) is 0.803. The van der Waals surface area contributed by atoms with Crippen molar-refractivity contribution >= 4 is 11.0 Å². The molecule has 3 nitrogen and oxygen atoms in total. The van der Waals surface area contributed by atoms with E-state index in [0.29, 0.717) is 16.9 Å². The number of nitrogens with zero attached hydrogens (tertiary/aromatic N) is 2. The summed E-state index contributed by atoms with van der Waals surface area (Å²) in [6.45, 7) is 2.10. The number of hydrogen-bond acceptors (Lipinski definition) is 2. The molecule has 5 heteroatoms. The summed E-state index contributed by atoms with van der Waals surface area (Å²) < 4.78 is 28.6. The zero-order chi connectivity index (χ0) is 15.0. The molecule has 0 unspecified atom stereocenters. The Balaban J connectivity index is 2.32. The molecule has 1 heterocycles. The van der Waals surface area contributed by atoms with Crippen LogP contribution in [-0.2, 0) is 6.54 Å². The van der Waals surface area contributed by atoms with E-state index in [4.69, 9.17) is 0 Å². The van der Waals surface area contributed by atoms with E-state index < -0.39 is 11.6 Å². The lowest BCUT2D eigenvalue weighted by Crippen LogP contribution is -2.05. The van der Waals surface area contributed by atoms with E-state index in [1.54, 1.807) is 4.57 Å². The first kappa shape index (κ1) is 13.7. The van der Waals surface area contributed by atoms with Crippen LogP contribution in [-0.4, -0.2) is 21.3 Å². The summed E-state index contributed by atoms with van der Waals surface area (Å²) in [6.07, 6.45) is 0. The number of benzene rings is 2. The highest BCUT2D eigenvalue weighted by Gasteiger charge is 2.16. The maximum absolute atomic E-state index is 13.5. The molecule has 0 spiro atoms. The smallest absolute Gasteiger partial charge is 0.161 e. The van der Waals surface area contributed by atoms with Gasteiger partial charge in [0.05, 0.1) is 17.6 Å². The Kier molecular flexibility index (Phi) is 3.43. The van der Waals surface area contributed by atoms with Crippen LogP contribution in [0.15, 0.2) is 36.4 Å². The summed E-state index contributed by atoms with van der Waals surface area (Å²) in [4.78, 5) is 4.41. The summed E-state index contributed by atoms with van der Waals surface area (Å²) in [5.74, 6) is -1.24. The third kappa shape index (κ3) is 2.29. The molecule has 0 amide bonds. The Bertz CT molecular complexity index is 811. The minimum Gasteiger partial charge on any atom is -0.395 e. The van der Waals surface area contributed by atoms with Gasteiger partial charge in [0.2, 0.25) is 0 Å². The SMILES string of the molecule is Cc1ccccc1-c1nc2cc(F)c(F)cc2n1CCO. The van der Waals surface area contributed by atoms with Gasteiger partial charge in [0, 0.05) is 24.2 Å². The molecule has 0 fully saturated rings. The van der Waals surface area contributed by atoms with Crippen LogP contribution in [0.3, 0.4) is 0 Å². The van der Waals surface area contributed by atoms with Crippen molar-refractivity contribution < 1.29 is 13.9 Å². The summed E-state index contributed by atoms with van der Waals surface area (Å²) >= 11 is 0. The minimum atomic E-state index is -0.924. The highest BCUT2D eigenvalue weighted by Crippen LogP contribution is 2.28. The number of halogens is 2. The predicted molar refractivity (Wildman–Crippen MR) is 76.9 cm³/mol. The molecule has 0 aliphatic carbocycles. The molecule has 0 aliphatic rings. The van der Waals surface area contributed by atoms with E-state index in [1.165, 1.54) is 0 Å². The van der Waals surface area contributed by atoms with Crippen LogP contribution in [0.25, 0.3) is 22.4 Å². The van der Waals surface area contributed by atoms with Gasteiger partial charge in [-0.25, -0.2) is 13.8 Å². The fraction of sp³-hybridized carbons (Fsp3) is 0.188. The third-order valence-electron chi connectivity index (χ3n) is 3.50. The van der Waals surface area contributed by atoms with Crippen molar-refractivity contribution in [1.29, 1.82) is 0 Å². The van der Waals surface area contributed by atoms with Gasteiger partial charge in [-0.3, -0.25) is 0 Å². The van der Waals surface area contributed by atoms with Gasteiger partial charge in [-0.1, -0.05) is 24.3 Å². The number of hydrogen-bond donors (Lipinski definition) is 1. The van der Waals surface area contributed by atoms with Crippen molar-refractivity contribution in [3.63, 3.8) is 0 Å². The van der Waals surface area contributed by atoms with Crippen molar-refractivity contribution in [2.24, 2.45) is 0 Å². The van der Waals surface area contributed by atoms with Crippen LogP contribution < -0.4 is 0 Å². The lowest BCUT2D eigenvalue weighted by Gasteiger charge is -2.09. The molecule has 2 aromatic carbocycles. The fourth-order valence-electron chi connectivity index (χ4n) is 2.48. The van der Waals surface area contributed by atoms with Crippen LogP contribution >= 0.6 is 0 Å². The van der Waals surface area contributed by atoms with Gasteiger partial charge in [-0.15, -0.1) is 0 Å². The number of fused-ring (bicyclic) bond motifs is 1. The lowest BCUT2D eigenvalue weighted by molar-refractivity contribution is 0.278. The molecule has 21 heavy (non-hydrogen) atoms. The van der Waals surface area contributed by atoms with Crippen molar-refractivity contribution in [2.75, 3.05) is 6.61 Å². The highest BCUT2D eigenvalue weighted by atomic mass is 19.2. The third-order valence-corrected chi connectivity index (χ3v) is 3.50. The number of aromatic nitrogens is 2. The van der Waals surface area contributed by atoms with Crippen molar-refractivity contribution in [3.8, 4) is 11.4 Å². The molecule has 0 atom stereocenters. The van der Waals surface area contributed by atoms with Crippen LogP contribution in [0.2, 0.25) is 0 Å². The number of aliphatic hydroxyl groups is 1. The average molecular weight is 288 g/mol. The topological polar surface area (TPSA) is 38.0 Å². The van der Waals surface area contributed by atoms with Crippen molar-refractivity contribution in [1.82, 2.24) is 9.55 Å². The number of aliphatic hydroxyl groups excluding tert-OH is 1. The molecule has 108 valence electrons. The zero-order valence-electron chi connectivity index (χ0n) is 11.5. The van der Waals surface area contributed by atoms with Crippen molar-refractivity contribution in [3.05, 3.63) is 53.6 Å². The molecule has 0 radical (unpaired) electrons. The average Bonchev–Trinajstić information content (AvgIpc) is 2.79. The first-order valence-electron chi connectivity index (χ1n) is 6.64. The molecule has 0 saturated carbocycles. The molecule has 3 aromatic rings. The molecular weight excluding hydrogens is 274 g/mol. The zero-order valence-corrected chi connectivity index (χ0v) is 11.5. The second-order valence-corrected chi connectivity index (χ2v) is 4.88. The molecule has 1 N–H and O–H groups in total. The van der Waals surface area contributed by atoms with Gasteiger partial charge in [0.25, 0.3) is 0 Å². The second-order valence-electron chi connectivity index (χ2n) is 4.88. The molecule has 1 aromatic heterocycles. The van der Waals surface area contributed by atoms with E-state index in [-0.39, 0.29) is 13.2 Å². The van der Waals surface area contributed by atoms with Crippen LogP contribution in [0.5, 0.6) is 0 Å². The highest BCUT2D eigenvalue weighted by molar-refractivity contribution is 5.81. The van der Waals surface area contributed by atoms with Gasteiger partial charge in [0.1, 0.15) is 5.82 Å². The van der Waals surface area contributed by atoms with Gasteiger partial charge < -0.3 is 9.67 Å². The first-order valence-corrected chi connectivity index (χ1v) is 6.64.